The predicted octanol–water partition coefficient (Wildman–Crippen LogP) is 3.16. The molecule has 4 aliphatic rings. The molecule has 0 saturated heterocycles. The maximum atomic E-state index is 6.99. The Hall–Kier alpha value is -1.53. The molecule has 6 heteroatoms. The van der Waals surface area contributed by atoms with Crippen LogP contribution in [0.25, 0.3) is 0 Å². The van der Waals surface area contributed by atoms with Crippen LogP contribution < -0.4 is 0 Å². The van der Waals surface area contributed by atoms with Gasteiger partial charge in [-0.2, -0.15) is 4.59 Å². The lowest BCUT2D eigenvalue weighted by Gasteiger charge is -2.42. The van der Waals surface area contributed by atoms with Gasteiger partial charge in [0.1, 0.15) is 12.2 Å². The van der Waals surface area contributed by atoms with E-state index in [9.17, 15) is 0 Å². The number of fused-ring (bicyclic) bond motifs is 2. The van der Waals surface area contributed by atoms with Gasteiger partial charge >= 0.3 is 0 Å². The molecule has 144 valence electrons. The molecule has 0 aliphatic carbocycles. The van der Waals surface area contributed by atoms with Gasteiger partial charge in [-0.25, -0.2) is 4.98 Å². The highest BCUT2D eigenvalue weighted by Crippen LogP contribution is 2.37. The van der Waals surface area contributed by atoms with Crippen molar-refractivity contribution in [1.82, 2.24) is 14.8 Å². The summed E-state index contributed by atoms with van der Waals surface area (Å²) in [6.07, 6.45) is 10.8. The topological polar surface area (TPSA) is 31.7 Å². The minimum absolute atomic E-state index is 0.234. The van der Waals surface area contributed by atoms with Crippen molar-refractivity contribution in [1.29, 1.82) is 0 Å². The van der Waals surface area contributed by atoms with E-state index in [0.29, 0.717) is 4.59 Å². The van der Waals surface area contributed by atoms with Crippen molar-refractivity contribution >= 4 is 17.3 Å². The van der Waals surface area contributed by atoms with Crippen LogP contribution in [0, 0.1) is 0 Å². The highest BCUT2D eigenvalue weighted by atomic mass is 35.5. The summed E-state index contributed by atoms with van der Waals surface area (Å²) in [5.74, 6) is 0. The zero-order valence-electron chi connectivity index (χ0n) is 16.1. The number of rotatable bonds is 0. The van der Waals surface area contributed by atoms with E-state index in [1.165, 1.54) is 6.42 Å². The van der Waals surface area contributed by atoms with Crippen molar-refractivity contribution in [2.75, 3.05) is 46.3 Å². The molecule has 0 fully saturated rings. The Morgan fingerprint density at radius 3 is 2.89 bits per heavy atom. The molecule has 5 nitrogen and oxygen atoms in total. The third-order valence-corrected chi connectivity index (χ3v) is 6.23. The minimum atomic E-state index is -0.234. The first kappa shape index (κ1) is 18.8. The van der Waals surface area contributed by atoms with Crippen LogP contribution in [-0.4, -0.2) is 71.4 Å². The second-order valence-corrected chi connectivity index (χ2v) is 8.30. The van der Waals surface area contributed by atoms with Crippen molar-refractivity contribution in [3.05, 3.63) is 53.9 Å². The molecule has 27 heavy (non-hydrogen) atoms. The number of allylic oxidation sites excluding steroid dienone is 2. The first-order chi connectivity index (χ1) is 13.1. The van der Waals surface area contributed by atoms with Crippen LogP contribution in [0.15, 0.2) is 47.6 Å². The number of hydrogen-bond acceptors (Lipinski definition) is 4. The van der Waals surface area contributed by atoms with Crippen LogP contribution in [0.4, 0.5) is 0 Å². The standard InChI is InChI=1S/C21H29ClN5/c1-25-11-6-14-26-13-4-2-3-8-19-17-27(24-19,15-7-12-25)21(22)20-10-5-9-18(16-26)23-20/h2-5,8-10,21H,6-7,11-17H2,1H3/q+1. The van der Waals surface area contributed by atoms with E-state index in [4.69, 9.17) is 21.7 Å². The van der Waals surface area contributed by atoms with Crippen molar-refractivity contribution in [2.45, 2.75) is 24.9 Å². The summed E-state index contributed by atoms with van der Waals surface area (Å²) in [7, 11) is 2.22. The summed E-state index contributed by atoms with van der Waals surface area (Å²) in [4.78, 5) is 9.83. The number of alkyl halides is 1. The molecule has 3 atom stereocenters. The second-order valence-electron chi connectivity index (χ2n) is 7.88. The van der Waals surface area contributed by atoms with E-state index in [0.717, 1.165) is 69.3 Å². The molecule has 0 saturated carbocycles. The lowest BCUT2D eigenvalue weighted by atomic mass is 10.1. The first-order valence-electron chi connectivity index (χ1n) is 9.94. The summed E-state index contributed by atoms with van der Waals surface area (Å²) in [5, 5.41) is 4.96. The van der Waals surface area contributed by atoms with Crippen LogP contribution in [0.1, 0.15) is 29.7 Å². The normalized spacial score (nSPS) is 32.1. The fraction of sp³-hybridized carbons (Fsp3) is 0.524. The maximum Gasteiger partial charge on any atom is 0.232 e. The monoisotopic (exact) mass is 386 g/mol. The first-order valence-corrected chi connectivity index (χ1v) is 10.4. The molecule has 1 spiro atoms. The highest BCUT2D eigenvalue weighted by molar-refractivity contribution is 6.20. The van der Waals surface area contributed by atoms with Crippen LogP contribution in [-0.2, 0) is 6.54 Å². The van der Waals surface area contributed by atoms with E-state index < -0.39 is 0 Å². The predicted molar refractivity (Wildman–Crippen MR) is 111 cm³/mol. The molecule has 4 aliphatic heterocycles. The van der Waals surface area contributed by atoms with Gasteiger partial charge in [-0.05, 0) is 49.8 Å². The number of pyridine rings is 1. The number of hydrogen-bond donors (Lipinski definition) is 0. The van der Waals surface area contributed by atoms with Gasteiger partial charge < -0.3 is 4.90 Å². The molecule has 0 amide bonds. The van der Waals surface area contributed by atoms with Gasteiger partial charge in [-0.15, -0.1) is 0 Å². The maximum absolute atomic E-state index is 6.99. The Morgan fingerprint density at radius 2 is 2.00 bits per heavy atom. The SMILES string of the molecule is CN1CCCN2CC=CC=CC3=N[N+](CCC1)(C3)C(Cl)c1cccc(n1)C2. The molecule has 5 bridgehead atoms. The van der Waals surface area contributed by atoms with Crippen molar-refractivity contribution in [3.63, 3.8) is 0 Å². The third-order valence-electron chi connectivity index (χ3n) is 5.64. The molecule has 5 heterocycles. The Balaban J connectivity index is 1.74. The van der Waals surface area contributed by atoms with Gasteiger partial charge in [0.05, 0.1) is 5.69 Å². The highest BCUT2D eigenvalue weighted by Gasteiger charge is 2.46. The number of quaternary nitrogens is 1. The van der Waals surface area contributed by atoms with Gasteiger partial charge in [-0.1, -0.05) is 29.4 Å². The van der Waals surface area contributed by atoms with Crippen LogP contribution >= 0.6 is 11.6 Å². The van der Waals surface area contributed by atoms with E-state index in [2.05, 4.69) is 59.4 Å². The Labute approximate surface area is 167 Å². The molecule has 0 N–H and O–H groups in total. The van der Waals surface area contributed by atoms with Gasteiger partial charge in [0.25, 0.3) is 0 Å². The Bertz CT molecular complexity index is 759. The minimum Gasteiger partial charge on any atom is -0.306 e. The molecule has 0 aromatic carbocycles. The van der Waals surface area contributed by atoms with Crippen LogP contribution in [0.5, 0.6) is 0 Å². The molecular weight excluding hydrogens is 358 g/mol. The average Bonchev–Trinajstić information content (AvgIpc) is 2.62. The van der Waals surface area contributed by atoms with E-state index in [1.807, 2.05) is 0 Å². The van der Waals surface area contributed by atoms with Crippen molar-refractivity contribution < 1.29 is 4.59 Å². The van der Waals surface area contributed by atoms with E-state index >= 15 is 0 Å². The Morgan fingerprint density at radius 1 is 1.15 bits per heavy atom. The number of aromatic nitrogens is 1. The zero-order chi connectivity index (χ0) is 18.7. The number of nitrogens with zero attached hydrogens (tertiary/aromatic N) is 5. The summed E-state index contributed by atoms with van der Waals surface area (Å²) < 4.78 is 0.555. The summed E-state index contributed by atoms with van der Waals surface area (Å²) in [6.45, 7) is 6.87. The molecule has 1 aromatic heterocycles. The fourth-order valence-corrected chi connectivity index (χ4v) is 4.49. The van der Waals surface area contributed by atoms with Gasteiger partial charge in [0, 0.05) is 32.6 Å². The lowest BCUT2D eigenvalue weighted by molar-refractivity contribution is -0.958. The molecular formula is C21H29ClN5+. The third kappa shape index (κ3) is 4.32. The van der Waals surface area contributed by atoms with Crippen molar-refractivity contribution in [2.24, 2.45) is 5.10 Å². The van der Waals surface area contributed by atoms with E-state index in [-0.39, 0.29) is 5.50 Å². The smallest absolute Gasteiger partial charge is 0.232 e. The average molecular weight is 387 g/mol. The summed E-state index contributed by atoms with van der Waals surface area (Å²) >= 11 is 6.99. The second kappa shape index (κ2) is 8.23. The molecule has 0 radical (unpaired) electrons. The van der Waals surface area contributed by atoms with Gasteiger partial charge in [0.15, 0.2) is 12.3 Å². The molecule has 3 unspecified atom stereocenters. The van der Waals surface area contributed by atoms with E-state index in [1.54, 1.807) is 0 Å². The molecule has 1 aromatic rings. The quantitative estimate of drug-likeness (QED) is 0.390. The van der Waals surface area contributed by atoms with Crippen LogP contribution in [0.2, 0.25) is 0 Å². The molecule has 5 rings (SSSR count). The summed E-state index contributed by atoms with van der Waals surface area (Å²) in [5.41, 5.74) is 2.92. The van der Waals surface area contributed by atoms with Crippen molar-refractivity contribution in [3.8, 4) is 0 Å². The lowest BCUT2D eigenvalue weighted by Crippen LogP contribution is -2.56. The van der Waals surface area contributed by atoms with Gasteiger partial charge in [-0.3, -0.25) is 4.90 Å². The fourth-order valence-electron chi connectivity index (χ4n) is 4.16. The Kier molecular flexibility index (Phi) is 5.74. The van der Waals surface area contributed by atoms with Gasteiger partial charge in [0.2, 0.25) is 5.50 Å². The summed E-state index contributed by atoms with van der Waals surface area (Å²) in [6, 6.07) is 6.26. The zero-order valence-corrected chi connectivity index (χ0v) is 16.9. The van der Waals surface area contributed by atoms with Crippen LogP contribution in [0.3, 0.4) is 0 Å². The largest absolute Gasteiger partial charge is 0.306 e. The number of halogens is 1.